The maximum atomic E-state index is 13.4. The summed E-state index contributed by atoms with van der Waals surface area (Å²) in [6, 6.07) is 21.8. The summed E-state index contributed by atoms with van der Waals surface area (Å²) in [5.41, 5.74) is 1.06. The Balaban J connectivity index is 1.49. The van der Waals surface area contributed by atoms with Gasteiger partial charge in [0.05, 0.1) is 0 Å². The second-order valence-corrected chi connectivity index (χ2v) is 9.93. The van der Waals surface area contributed by atoms with Gasteiger partial charge in [-0.2, -0.15) is 0 Å². The normalized spacial score (nSPS) is 18.2. The zero-order chi connectivity index (χ0) is 23.6. The number of benzene rings is 2. The van der Waals surface area contributed by atoms with Gasteiger partial charge < -0.3 is 14.7 Å². The zero-order valence-corrected chi connectivity index (χ0v) is 19.7. The molecule has 172 valence electrons. The highest BCUT2D eigenvalue weighted by atomic mass is 16.5. The molecular formula is C27H31N3O3. The third kappa shape index (κ3) is 4.70. The minimum atomic E-state index is -0.907. The fourth-order valence-corrected chi connectivity index (χ4v) is 4.22. The summed E-state index contributed by atoms with van der Waals surface area (Å²) in [7, 11) is 0. The minimum absolute atomic E-state index is 0.0351. The number of likely N-dealkylation sites (tertiary alicyclic amines) is 1. The number of rotatable bonds is 6. The molecular weight excluding hydrogens is 414 g/mol. The van der Waals surface area contributed by atoms with Gasteiger partial charge in [-0.1, -0.05) is 86.6 Å². The van der Waals surface area contributed by atoms with Crippen LogP contribution in [0.1, 0.15) is 63.3 Å². The van der Waals surface area contributed by atoms with Crippen LogP contribution >= 0.6 is 0 Å². The molecule has 2 amide bonds. The summed E-state index contributed by atoms with van der Waals surface area (Å²) in [5.74, 6) is 0.714. The van der Waals surface area contributed by atoms with E-state index in [-0.39, 0.29) is 23.1 Å². The van der Waals surface area contributed by atoms with Crippen molar-refractivity contribution in [1.82, 2.24) is 10.1 Å². The molecule has 1 atom stereocenters. The molecule has 1 aliphatic rings. The third-order valence-electron chi connectivity index (χ3n) is 6.48. The molecule has 2 heterocycles. The number of nitrogens with one attached hydrogen (secondary N) is 1. The fourth-order valence-electron chi connectivity index (χ4n) is 4.22. The topological polar surface area (TPSA) is 75.4 Å². The molecule has 3 aromatic rings. The van der Waals surface area contributed by atoms with Crippen LogP contribution in [0.25, 0.3) is 0 Å². The number of anilines is 1. The van der Waals surface area contributed by atoms with Crippen molar-refractivity contribution in [2.24, 2.45) is 0 Å². The molecule has 6 nitrogen and oxygen atoms in total. The van der Waals surface area contributed by atoms with Crippen LogP contribution in [0.3, 0.4) is 0 Å². The van der Waals surface area contributed by atoms with Crippen LogP contribution in [0.2, 0.25) is 0 Å². The molecule has 0 aliphatic carbocycles. The van der Waals surface area contributed by atoms with Crippen LogP contribution in [0.4, 0.5) is 5.82 Å². The molecule has 1 unspecified atom stereocenters. The Morgan fingerprint density at radius 1 is 1.06 bits per heavy atom. The van der Waals surface area contributed by atoms with Crippen LogP contribution in [0, 0.1) is 0 Å². The molecule has 6 heteroatoms. The lowest BCUT2D eigenvalue weighted by atomic mass is 9.82. The van der Waals surface area contributed by atoms with Gasteiger partial charge in [-0.05, 0) is 24.5 Å². The number of hydrogen-bond donors (Lipinski definition) is 1. The van der Waals surface area contributed by atoms with E-state index in [1.807, 2.05) is 88.4 Å². The molecule has 1 fully saturated rings. The average molecular weight is 446 g/mol. The molecule has 0 bridgehead atoms. The van der Waals surface area contributed by atoms with E-state index in [0.717, 1.165) is 11.1 Å². The summed E-state index contributed by atoms with van der Waals surface area (Å²) in [5, 5.41) is 6.82. The van der Waals surface area contributed by atoms with E-state index < -0.39 is 5.54 Å². The van der Waals surface area contributed by atoms with E-state index in [0.29, 0.717) is 31.0 Å². The van der Waals surface area contributed by atoms with Gasteiger partial charge >= 0.3 is 0 Å². The van der Waals surface area contributed by atoms with E-state index in [1.165, 1.54) is 0 Å². The summed E-state index contributed by atoms with van der Waals surface area (Å²) in [6.45, 7) is 8.42. The van der Waals surface area contributed by atoms with Crippen molar-refractivity contribution in [1.29, 1.82) is 0 Å². The lowest BCUT2D eigenvalue weighted by molar-refractivity contribution is -0.154. The van der Waals surface area contributed by atoms with Gasteiger partial charge in [0.1, 0.15) is 11.3 Å². The van der Waals surface area contributed by atoms with Crippen molar-refractivity contribution in [3.8, 4) is 0 Å². The van der Waals surface area contributed by atoms with Gasteiger partial charge in [-0.3, -0.25) is 9.59 Å². The van der Waals surface area contributed by atoms with Crippen LogP contribution in [0.5, 0.6) is 0 Å². The minimum Gasteiger partial charge on any atom is -0.359 e. The first-order valence-electron chi connectivity index (χ1n) is 11.4. The number of nitrogens with zero attached hydrogens (tertiary/aromatic N) is 2. The second kappa shape index (κ2) is 8.85. The predicted octanol–water partition coefficient (Wildman–Crippen LogP) is 5.12. The third-order valence-corrected chi connectivity index (χ3v) is 6.48. The van der Waals surface area contributed by atoms with Crippen molar-refractivity contribution >= 4 is 17.6 Å². The van der Waals surface area contributed by atoms with Crippen molar-refractivity contribution in [2.75, 3.05) is 11.9 Å². The number of carbonyl (C=O) groups is 2. The molecule has 4 rings (SSSR count). The van der Waals surface area contributed by atoms with Gasteiger partial charge in [0.15, 0.2) is 5.82 Å². The summed E-state index contributed by atoms with van der Waals surface area (Å²) in [4.78, 5) is 28.2. The van der Waals surface area contributed by atoms with Crippen molar-refractivity contribution in [3.05, 3.63) is 83.6 Å². The Morgan fingerprint density at radius 3 is 2.09 bits per heavy atom. The maximum Gasteiger partial charge on any atom is 0.251 e. The SMILES string of the molecule is CC(C)(C)c1cc(NC(=O)C2(C)CCN2C(=O)CC(c2ccccc2)c2ccccc2)no1. The van der Waals surface area contributed by atoms with E-state index >= 15 is 0 Å². The first kappa shape index (κ1) is 22.8. The predicted molar refractivity (Wildman–Crippen MR) is 128 cm³/mol. The smallest absolute Gasteiger partial charge is 0.251 e. The summed E-state index contributed by atoms with van der Waals surface area (Å²) in [6.07, 6.45) is 0.908. The second-order valence-electron chi connectivity index (χ2n) is 9.93. The van der Waals surface area contributed by atoms with Crippen molar-refractivity contribution in [2.45, 2.75) is 57.4 Å². The molecule has 1 saturated heterocycles. The highest BCUT2D eigenvalue weighted by molar-refractivity contribution is 6.01. The number of amides is 2. The molecule has 33 heavy (non-hydrogen) atoms. The van der Waals surface area contributed by atoms with Crippen molar-refractivity contribution < 1.29 is 14.1 Å². The average Bonchev–Trinajstić information content (AvgIpc) is 3.26. The highest BCUT2D eigenvalue weighted by Gasteiger charge is 2.49. The van der Waals surface area contributed by atoms with E-state index in [2.05, 4.69) is 10.5 Å². The number of aromatic nitrogens is 1. The van der Waals surface area contributed by atoms with E-state index in [4.69, 9.17) is 4.52 Å². The lowest BCUT2D eigenvalue weighted by Gasteiger charge is -2.49. The standard InChI is InChI=1S/C27H31N3O3/c1-26(2,3)22-18-23(29-33-22)28-25(32)27(4)15-16-30(27)24(31)17-21(19-11-7-5-8-12-19)20-13-9-6-10-14-20/h5-14,18,21H,15-17H2,1-4H3,(H,28,29,32). The maximum absolute atomic E-state index is 13.4. The van der Waals surface area contributed by atoms with E-state index in [9.17, 15) is 9.59 Å². The number of hydrogen-bond acceptors (Lipinski definition) is 4. The van der Waals surface area contributed by atoms with Gasteiger partial charge in [0.2, 0.25) is 5.91 Å². The molecule has 1 aromatic heterocycles. The zero-order valence-electron chi connectivity index (χ0n) is 19.7. The monoisotopic (exact) mass is 445 g/mol. The molecule has 1 aliphatic heterocycles. The van der Waals surface area contributed by atoms with Gasteiger partial charge in [-0.15, -0.1) is 0 Å². The van der Waals surface area contributed by atoms with Crippen LogP contribution in [-0.4, -0.2) is 34.0 Å². The number of carbonyl (C=O) groups excluding carboxylic acids is 2. The quantitative estimate of drug-likeness (QED) is 0.571. The molecule has 1 N–H and O–H groups in total. The Bertz CT molecular complexity index is 1080. The Labute approximate surface area is 195 Å². The first-order chi connectivity index (χ1) is 15.7. The molecule has 2 aromatic carbocycles. The lowest BCUT2D eigenvalue weighted by Crippen LogP contribution is -2.66. The van der Waals surface area contributed by atoms with Crippen LogP contribution in [0.15, 0.2) is 71.3 Å². The molecule has 0 spiro atoms. The molecule has 0 radical (unpaired) electrons. The Hall–Kier alpha value is -3.41. The van der Waals surface area contributed by atoms with Gasteiger partial charge in [0.25, 0.3) is 5.91 Å². The summed E-state index contributed by atoms with van der Waals surface area (Å²) < 4.78 is 5.37. The van der Waals surface area contributed by atoms with Crippen molar-refractivity contribution in [3.63, 3.8) is 0 Å². The van der Waals surface area contributed by atoms with E-state index in [1.54, 1.807) is 11.0 Å². The molecule has 0 saturated carbocycles. The Morgan fingerprint density at radius 2 is 1.64 bits per heavy atom. The van der Waals surface area contributed by atoms with Crippen LogP contribution in [-0.2, 0) is 15.0 Å². The fraction of sp³-hybridized carbons (Fsp3) is 0.370. The van der Waals surface area contributed by atoms with Gasteiger partial charge in [-0.25, -0.2) is 0 Å². The highest BCUT2D eigenvalue weighted by Crippen LogP contribution is 2.36. The Kier molecular flexibility index (Phi) is 6.11. The van der Waals surface area contributed by atoms with Gasteiger partial charge in [0, 0.05) is 30.4 Å². The summed E-state index contributed by atoms with van der Waals surface area (Å²) >= 11 is 0. The first-order valence-corrected chi connectivity index (χ1v) is 11.4. The largest absolute Gasteiger partial charge is 0.359 e. The van der Waals surface area contributed by atoms with Crippen LogP contribution < -0.4 is 5.32 Å².